The zero-order valence-corrected chi connectivity index (χ0v) is 7.82. The molecule has 2 N–H and O–H groups in total. The van der Waals surface area contributed by atoms with E-state index < -0.39 is 0 Å². The molecule has 0 spiro atoms. The average Bonchev–Trinajstić information content (AvgIpc) is 2.27. The molecule has 4 heteroatoms. The maximum Gasteiger partial charge on any atom is 0.138 e. The van der Waals surface area contributed by atoms with Crippen LogP contribution in [0.4, 0.5) is 5.69 Å². The molecule has 0 amide bonds. The van der Waals surface area contributed by atoms with Crippen LogP contribution in [0.1, 0.15) is 0 Å². The molecule has 0 unspecified atom stereocenters. The summed E-state index contributed by atoms with van der Waals surface area (Å²) in [6.45, 7) is 0. The van der Waals surface area contributed by atoms with E-state index in [0.717, 1.165) is 14.9 Å². The zero-order chi connectivity index (χ0) is 7.84. The predicted molar refractivity (Wildman–Crippen MR) is 52.3 cm³/mol. The highest BCUT2D eigenvalue weighted by Crippen LogP contribution is 2.10. The Balaban J connectivity index is 2.82. The van der Waals surface area contributed by atoms with Gasteiger partial charge >= 0.3 is 0 Å². The third-order valence-corrected chi connectivity index (χ3v) is 1.99. The SMILES string of the molecule is Nc1cc2ncc(I)cn2c1. The van der Waals surface area contributed by atoms with Gasteiger partial charge in [-0.3, -0.25) is 0 Å². The second-order valence-corrected chi connectivity index (χ2v) is 3.56. The monoisotopic (exact) mass is 259 g/mol. The highest BCUT2D eigenvalue weighted by molar-refractivity contribution is 14.1. The lowest BCUT2D eigenvalue weighted by Gasteiger charge is -1.92. The summed E-state index contributed by atoms with van der Waals surface area (Å²) in [6, 6.07) is 1.84. The molecule has 2 aromatic rings. The van der Waals surface area contributed by atoms with Gasteiger partial charge in [0.15, 0.2) is 0 Å². The van der Waals surface area contributed by atoms with Crippen LogP contribution < -0.4 is 5.73 Å². The molecule has 56 valence electrons. The van der Waals surface area contributed by atoms with Crippen molar-refractivity contribution in [3.63, 3.8) is 0 Å². The smallest absolute Gasteiger partial charge is 0.138 e. The van der Waals surface area contributed by atoms with Crippen molar-refractivity contribution in [2.45, 2.75) is 0 Å². The molecule has 0 radical (unpaired) electrons. The van der Waals surface area contributed by atoms with E-state index in [1.807, 2.05) is 29.1 Å². The van der Waals surface area contributed by atoms with Gasteiger partial charge in [-0.15, -0.1) is 0 Å². The van der Waals surface area contributed by atoms with Crippen LogP contribution in [0.5, 0.6) is 0 Å². The molecule has 0 aromatic carbocycles. The van der Waals surface area contributed by atoms with Crippen molar-refractivity contribution < 1.29 is 0 Å². The Hall–Kier alpha value is -0.780. The normalized spacial score (nSPS) is 10.6. The second-order valence-electron chi connectivity index (χ2n) is 2.31. The Morgan fingerprint density at radius 1 is 1.45 bits per heavy atom. The Kier molecular flexibility index (Phi) is 1.49. The fourth-order valence-electron chi connectivity index (χ4n) is 0.989. The molecule has 0 bridgehead atoms. The van der Waals surface area contributed by atoms with Gasteiger partial charge in [-0.2, -0.15) is 0 Å². The standard InChI is InChI=1S/C7H6IN3/c8-5-2-10-7-1-6(9)4-11(7)3-5/h1-4H,9H2. The molecule has 0 aliphatic carbocycles. The number of hydrogen-bond donors (Lipinski definition) is 1. The van der Waals surface area contributed by atoms with Crippen LogP contribution in [0.15, 0.2) is 24.7 Å². The third-order valence-electron chi connectivity index (χ3n) is 1.43. The van der Waals surface area contributed by atoms with Crippen LogP contribution in [0.3, 0.4) is 0 Å². The minimum absolute atomic E-state index is 0.750. The topological polar surface area (TPSA) is 43.3 Å². The largest absolute Gasteiger partial charge is 0.397 e. The highest BCUT2D eigenvalue weighted by atomic mass is 127. The van der Waals surface area contributed by atoms with Crippen LogP contribution in [0.25, 0.3) is 5.65 Å². The number of aromatic nitrogens is 2. The van der Waals surface area contributed by atoms with Crippen molar-refractivity contribution in [3.05, 3.63) is 28.2 Å². The molecule has 0 atom stereocenters. The minimum Gasteiger partial charge on any atom is -0.397 e. The van der Waals surface area contributed by atoms with E-state index in [1.165, 1.54) is 0 Å². The lowest BCUT2D eigenvalue weighted by atomic mass is 10.5. The first kappa shape index (κ1) is 6.90. The maximum absolute atomic E-state index is 5.58. The van der Waals surface area contributed by atoms with E-state index >= 15 is 0 Å². The molecule has 2 rings (SSSR count). The Morgan fingerprint density at radius 2 is 2.27 bits per heavy atom. The van der Waals surface area contributed by atoms with Crippen molar-refractivity contribution in [2.75, 3.05) is 5.73 Å². The van der Waals surface area contributed by atoms with E-state index in [2.05, 4.69) is 27.6 Å². The minimum atomic E-state index is 0.750. The van der Waals surface area contributed by atoms with Crippen molar-refractivity contribution in [1.82, 2.24) is 9.38 Å². The number of nitrogens with zero attached hydrogens (tertiary/aromatic N) is 2. The maximum atomic E-state index is 5.58. The van der Waals surface area contributed by atoms with Gasteiger partial charge in [-0.25, -0.2) is 4.98 Å². The number of anilines is 1. The first-order valence-corrected chi connectivity index (χ1v) is 4.22. The summed E-state index contributed by atoms with van der Waals surface area (Å²) >= 11 is 2.21. The van der Waals surface area contributed by atoms with Gasteiger partial charge in [0, 0.05) is 28.2 Å². The highest BCUT2D eigenvalue weighted by Gasteiger charge is 1.96. The first-order chi connectivity index (χ1) is 5.25. The molecule has 0 fully saturated rings. The van der Waals surface area contributed by atoms with E-state index in [0.29, 0.717) is 0 Å². The van der Waals surface area contributed by atoms with Crippen LogP contribution in [0, 0.1) is 3.57 Å². The van der Waals surface area contributed by atoms with Gasteiger partial charge in [-0.1, -0.05) is 0 Å². The fourth-order valence-corrected chi connectivity index (χ4v) is 1.43. The zero-order valence-electron chi connectivity index (χ0n) is 5.66. The number of nitrogen functional groups attached to an aromatic ring is 1. The average molecular weight is 259 g/mol. The summed E-state index contributed by atoms with van der Waals surface area (Å²) < 4.78 is 3.02. The number of fused-ring (bicyclic) bond motifs is 1. The predicted octanol–water partition coefficient (Wildman–Crippen LogP) is 1.52. The molecule has 11 heavy (non-hydrogen) atoms. The van der Waals surface area contributed by atoms with E-state index in [-0.39, 0.29) is 0 Å². The van der Waals surface area contributed by atoms with Crippen LogP contribution >= 0.6 is 22.6 Å². The summed E-state index contributed by atoms with van der Waals surface area (Å²) in [5, 5.41) is 0. The number of rotatable bonds is 0. The molecule has 0 saturated heterocycles. The first-order valence-electron chi connectivity index (χ1n) is 3.14. The molecule has 2 aromatic heterocycles. The summed E-state index contributed by atoms with van der Waals surface area (Å²) in [5.74, 6) is 0. The lowest BCUT2D eigenvalue weighted by Crippen LogP contribution is -1.85. The van der Waals surface area contributed by atoms with Gasteiger partial charge in [0.2, 0.25) is 0 Å². The van der Waals surface area contributed by atoms with Gasteiger partial charge in [0.1, 0.15) is 5.65 Å². The molecular formula is C7H6IN3. The summed E-state index contributed by atoms with van der Waals surface area (Å²) in [6.07, 6.45) is 5.65. The Morgan fingerprint density at radius 3 is 3.09 bits per heavy atom. The fraction of sp³-hybridized carbons (Fsp3) is 0. The second kappa shape index (κ2) is 2.37. The number of nitrogens with two attached hydrogens (primary N) is 1. The molecule has 0 saturated carbocycles. The van der Waals surface area contributed by atoms with E-state index in [4.69, 9.17) is 5.73 Å². The van der Waals surface area contributed by atoms with E-state index in [1.54, 1.807) is 0 Å². The summed E-state index contributed by atoms with van der Waals surface area (Å²) in [4.78, 5) is 4.18. The van der Waals surface area contributed by atoms with Crippen LogP contribution in [-0.2, 0) is 0 Å². The van der Waals surface area contributed by atoms with Gasteiger partial charge in [0.05, 0.1) is 5.69 Å². The quantitative estimate of drug-likeness (QED) is 0.729. The van der Waals surface area contributed by atoms with E-state index in [9.17, 15) is 0 Å². The van der Waals surface area contributed by atoms with Gasteiger partial charge in [-0.05, 0) is 22.6 Å². The van der Waals surface area contributed by atoms with Crippen LogP contribution in [-0.4, -0.2) is 9.38 Å². The van der Waals surface area contributed by atoms with Gasteiger partial charge < -0.3 is 10.1 Å². The Bertz CT molecular complexity index is 393. The summed E-state index contributed by atoms with van der Waals surface area (Å²) in [7, 11) is 0. The van der Waals surface area contributed by atoms with Crippen LogP contribution in [0.2, 0.25) is 0 Å². The molecule has 3 nitrogen and oxygen atoms in total. The third kappa shape index (κ3) is 1.18. The molecular weight excluding hydrogens is 253 g/mol. The number of hydrogen-bond acceptors (Lipinski definition) is 2. The Labute approximate surface area is 77.4 Å². The lowest BCUT2D eigenvalue weighted by molar-refractivity contribution is 1.12. The van der Waals surface area contributed by atoms with Crippen molar-refractivity contribution in [2.24, 2.45) is 0 Å². The van der Waals surface area contributed by atoms with Crippen molar-refractivity contribution >= 4 is 33.9 Å². The molecule has 0 aliphatic heterocycles. The molecule has 2 heterocycles. The van der Waals surface area contributed by atoms with Gasteiger partial charge in [0.25, 0.3) is 0 Å². The van der Waals surface area contributed by atoms with Crippen molar-refractivity contribution in [3.8, 4) is 0 Å². The molecule has 0 aliphatic rings. The number of halogens is 1. The summed E-state index contributed by atoms with van der Waals surface area (Å²) in [5.41, 5.74) is 7.22. The van der Waals surface area contributed by atoms with Crippen molar-refractivity contribution in [1.29, 1.82) is 0 Å².